The fourth-order valence-electron chi connectivity index (χ4n) is 2.10. The number of aromatic nitrogens is 4. The van der Waals surface area contributed by atoms with Crippen LogP contribution in [0.15, 0.2) is 6.20 Å². The van der Waals surface area contributed by atoms with E-state index in [9.17, 15) is 5.11 Å². The van der Waals surface area contributed by atoms with E-state index in [4.69, 9.17) is 0 Å². The SMILES string of the molecule is Cc1nc(N2CC(C)(O)C2)c2cn[nH]c2n1. The number of fused-ring (bicyclic) bond motifs is 1. The fraction of sp³-hybridized carbons (Fsp3) is 0.500. The Morgan fingerprint density at radius 1 is 1.44 bits per heavy atom. The van der Waals surface area contributed by atoms with Crippen LogP contribution in [0.4, 0.5) is 5.82 Å². The highest BCUT2D eigenvalue weighted by Gasteiger charge is 2.38. The minimum atomic E-state index is -0.602. The van der Waals surface area contributed by atoms with Crippen molar-refractivity contribution in [2.75, 3.05) is 18.0 Å². The van der Waals surface area contributed by atoms with Crippen LogP contribution in [0.5, 0.6) is 0 Å². The zero-order chi connectivity index (χ0) is 11.3. The van der Waals surface area contributed by atoms with E-state index in [0.29, 0.717) is 18.9 Å². The zero-order valence-corrected chi connectivity index (χ0v) is 9.23. The van der Waals surface area contributed by atoms with Crippen LogP contribution in [-0.2, 0) is 0 Å². The molecule has 0 amide bonds. The molecule has 2 aromatic rings. The molecule has 1 aliphatic rings. The van der Waals surface area contributed by atoms with Gasteiger partial charge in [-0.15, -0.1) is 0 Å². The lowest BCUT2D eigenvalue weighted by Gasteiger charge is -2.45. The second kappa shape index (κ2) is 2.91. The molecule has 3 rings (SSSR count). The van der Waals surface area contributed by atoms with E-state index in [1.807, 2.05) is 18.7 Å². The van der Waals surface area contributed by atoms with Crippen molar-refractivity contribution in [3.63, 3.8) is 0 Å². The number of nitrogens with one attached hydrogen (secondary N) is 1. The number of hydrogen-bond donors (Lipinski definition) is 2. The van der Waals surface area contributed by atoms with Crippen LogP contribution in [0.2, 0.25) is 0 Å². The van der Waals surface area contributed by atoms with Crippen molar-refractivity contribution >= 4 is 16.9 Å². The maximum atomic E-state index is 9.73. The van der Waals surface area contributed by atoms with Gasteiger partial charge in [0.2, 0.25) is 0 Å². The van der Waals surface area contributed by atoms with Crippen LogP contribution in [0, 0.1) is 6.92 Å². The summed E-state index contributed by atoms with van der Waals surface area (Å²) < 4.78 is 0. The molecule has 0 atom stereocenters. The Balaban J connectivity index is 2.06. The number of hydrogen-bond acceptors (Lipinski definition) is 5. The lowest BCUT2D eigenvalue weighted by Crippen LogP contribution is -2.60. The van der Waals surface area contributed by atoms with Gasteiger partial charge in [0.15, 0.2) is 5.65 Å². The molecular weight excluding hydrogens is 206 g/mol. The third-order valence-corrected chi connectivity index (χ3v) is 2.76. The number of H-pyrrole nitrogens is 1. The second-order valence-corrected chi connectivity index (χ2v) is 4.58. The summed E-state index contributed by atoms with van der Waals surface area (Å²) in [6, 6.07) is 0. The molecule has 2 aromatic heterocycles. The number of aliphatic hydroxyl groups is 1. The van der Waals surface area contributed by atoms with Gasteiger partial charge < -0.3 is 10.0 Å². The summed E-state index contributed by atoms with van der Waals surface area (Å²) >= 11 is 0. The average Bonchev–Trinajstić information content (AvgIpc) is 2.60. The number of anilines is 1. The van der Waals surface area contributed by atoms with Crippen LogP contribution >= 0.6 is 0 Å². The van der Waals surface area contributed by atoms with Crippen LogP contribution in [0.1, 0.15) is 12.7 Å². The van der Waals surface area contributed by atoms with Crippen LogP contribution in [-0.4, -0.2) is 44.0 Å². The highest BCUT2D eigenvalue weighted by Crippen LogP contribution is 2.30. The number of nitrogens with zero attached hydrogens (tertiary/aromatic N) is 4. The van der Waals surface area contributed by atoms with Crippen molar-refractivity contribution in [2.45, 2.75) is 19.4 Å². The first-order valence-electron chi connectivity index (χ1n) is 5.20. The smallest absolute Gasteiger partial charge is 0.161 e. The summed E-state index contributed by atoms with van der Waals surface area (Å²) in [6.07, 6.45) is 1.72. The number of β-amino-alcohol motifs (C(OH)–C–C–N with tert-alkyl or cyclic N) is 1. The van der Waals surface area contributed by atoms with Gasteiger partial charge in [-0.2, -0.15) is 5.10 Å². The maximum Gasteiger partial charge on any atom is 0.161 e. The van der Waals surface area contributed by atoms with Crippen LogP contribution < -0.4 is 4.90 Å². The quantitative estimate of drug-likeness (QED) is 0.718. The van der Waals surface area contributed by atoms with E-state index in [1.165, 1.54) is 0 Å². The van der Waals surface area contributed by atoms with E-state index in [2.05, 4.69) is 20.2 Å². The van der Waals surface area contributed by atoms with Gasteiger partial charge in [0.25, 0.3) is 0 Å². The van der Waals surface area contributed by atoms with Crippen molar-refractivity contribution in [1.29, 1.82) is 0 Å². The molecule has 0 unspecified atom stereocenters. The molecule has 1 fully saturated rings. The lowest BCUT2D eigenvalue weighted by atomic mass is 9.97. The summed E-state index contributed by atoms with van der Waals surface area (Å²) in [6.45, 7) is 4.87. The normalized spacial score (nSPS) is 18.8. The molecule has 0 saturated carbocycles. The van der Waals surface area contributed by atoms with Gasteiger partial charge in [0.05, 0.1) is 17.2 Å². The molecule has 0 aromatic carbocycles. The molecule has 1 aliphatic heterocycles. The van der Waals surface area contributed by atoms with E-state index >= 15 is 0 Å². The monoisotopic (exact) mass is 219 g/mol. The molecule has 84 valence electrons. The number of aryl methyl sites for hydroxylation is 1. The van der Waals surface area contributed by atoms with Gasteiger partial charge in [0.1, 0.15) is 11.6 Å². The molecule has 2 N–H and O–H groups in total. The molecular formula is C10H13N5O. The summed E-state index contributed by atoms with van der Waals surface area (Å²) in [5.41, 5.74) is 0.142. The Hall–Kier alpha value is -1.69. The van der Waals surface area contributed by atoms with E-state index in [0.717, 1.165) is 16.9 Å². The fourth-order valence-corrected chi connectivity index (χ4v) is 2.10. The van der Waals surface area contributed by atoms with Gasteiger partial charge in [-0.25, -0.2) is 9.97 Å². The van der Waals surface area contributed by atoms with Crippen molar-refractivity contribution in [3.8, 4) is 0 Å². The maximum absolute atomic E-state index is 9.73. The lowest BCUT2D eigenvalue weighted by molar-refractivity contribution is 0.0307. The number of rotatable bonds is 1. The molecule has 6 nitrogen and oxygen atoms in total. The van der Waals surface area contributed by atoms with E-state index < -0.39 is 5.60 Å². The third-order valence-electron chi connectivity index (χ3n) is 2.76. The molecule has 0 spiro atoms. The highest BCUT2D eigenvalue weighted by molar-refractivity contribution is 5.87. The summed E-state index contributed by atoms with van der Waals surface area (Å²) in [7, 11) is 0. The molecule has 0 radical (unpaired) electrons. The van der Waals surface area contributed by atoms with E-state index in [1.54, 1.807) is 6.20 Å². The molecule has 6 heteroatoms. The predicted molar refractivity (Wildman–Crippen MR) is 59.3 cm³/mol. The molecule has 16 heavy (non-hydrogen) atoms. The van der Waals surface area contributed by atoms with Crippen molar-refractivity contribution in [3.05, 3.63) is 12.0 Å². The Kier molecular flexibility index (Phi) is 1.74. The summed E-state index contributed by atoms with van der Waals surface area (Å²) in [5, 5.41) is 17.4. The van der Waals surface area contributed by atoms with Gasteiger partial charge in [0, 0.05) is 13.1 Å². The number of aromatic amines is 1. The summed E-state index contributed by atoms with van der Waals surface area (Å²) in [4.78, 5) is 10.7. The first kappa shape index (κ1) is 9.53. The van der Waals surface area contributed by atoms with Gasteiger partial charge in [-0.1, -0.05) is 0 Å². The van der Waals surface area contributed by atoms with Crippen molar-refractivity contribution < 1.29 is 5.11 Å². The van der Waals surface area contributed by atoms with Crippen LogP contribution in [0.25, 0.3) is 11.0 Å². The third kappa shape index (κ3) is 1.34. The summed E-state index contributed by atoms with van der Waals surface area (Å²) in [5.74, 6) is 1.56. The molecule has 0 bridgehead atoms. The Labute approximate surface area is 92.3 Å². The average molecular weight is 219 g/mol. The predicted octanol–water partition coefficient (Wildman–Crippen LogP) is 0.232. The van der Waals surface area contributed by atoms with Crippen molar-refractivity contribution in [1.82, 2.24) is 20.2 Å². The molecule has 0 aliphatic carbocycles. The topological polar surface area (TPSA) is 77.9 Å². The zero-order valence-electron chi connectivity index (χ0n) is 9.23. The van der Waals surface area contributed by atoms with Gasteiger partial charge in [-0.3, -0.25) is 5.10 Å². The first-order chi connectivity index (χ1) is 7.55. The van der Waals surface area contributed by atoms with Gasteiger partial charge in [-0.05, 0) is 13.8 Å². The highest BCUT2D eigenvalue weighted by atomic mass is 16.3. The van der Waals surface area contributed by atoms with E-state index in [-0.39, 0.29) is 0 Å². The standard InChI is InChI=1S/C10H13N5O/c1-6-12-8-7(3-11-14-8)9(13-6)15-4-10(2,16)5-15/h3,16H,4-5H2,1-2H3,(H,11,12,13,14). The van der Waals surface area contributed by atoms with Crippen LogP contribution in [0.3, 0.4) is 0 Å². The largest absolute Gasteiger partial charge is 0.386 e. The Bertz CT molecular complexity index is 539. The molecule has 1 saturated heterocycles. The molecule has 3 heterocycles. The second-order valence-electron chi connectivity index (χ2n) is 4.58. The van der Waals surface area contributed by atoms with Crippen molar-refractivity contribution in [2.24, 2.45) is 0 Å². The Morgan fingerprint density at radius 3 is 2.88 bits per heavy atom. The van der Waals surface area contributed by atoms with Gasteiger partial charge >= 0.3 is 0 Å². The first-order valence-corrected chi connectivity index (χ1v) is 5.20. The minimum absolute atomic E-state index is 0.601. The minimum Gasteiger partial charge on any atom is -0.386 e. The Morgan fingerprint density at radius 2 is 2.19 bits per heavy atom.